The molecule has 8 heteroatoms. The molecule has 0 saturated carbocycles. The Morgan fingerprint density at radius 1 is 1.52 bits per heavy atom. The summed E-state index contributed by atoms with van der Waals surface area (Å²) < 4.78 is 1.57. The second-order valence-electron chi connectivity index (χ2n) is 5.25. The van der Waals surface area contributed by atoms with Crippen LogP contribution in [-0.2, 0) is 29.1 Å². The summed E-state index contributed by atoms with van der Waals surface area (Å²) in [6.07, 6.45) is 1.41. The van der Waals surface area contributed by atoms with Gasteiger partial charge in [-0.15, -0.1) is 0 Å². The number of aliphatic hydroxyl groups excluding tert-OH is 1. The third kappa shape index (κ3) is 4.01. The van der Waals surface area contributed by atoms with E-state index in [1.54, 1.807) is 9.58 Å². The van der Waals surface area contributed by atoms with Crippen LogP contribution in [0, 0.1) is 0 Å². The molecule has 0 spiro atoms. The molecule has 2 amide bonds. The van der Waals surface area contributed by atoms with E-state index in [-0.39, 0.29) is 12.3 Å². The number of primary amides is 1. The molecule has 1 aromatic rings. The summed E-state index contributed by atoms with van der Waals surface area (Å²) in [6.45, 7) is 3.21. The fourth-order valence-corrected chi connectivity index (χ4v) is 2.29. The van der Waals surface area contributed by atoms with Gasteiger partial charge < -0.3 is 15.7 Å². The zero-order chi connectivity index (χ0) is 15.4. The first-order chi connectivity index (χ1) is 9.99. The number of rotatable bonds is 7. The lowest BCUT2D eigenvalue weighted by molar-refractivity contribution is -0.128. The molecule has 0 aliphatic carbocycles. The molecule has 3 N–H and O–H groups in total. The Labute approximate surface area is 122 Å². The molecule has 0 bridgehead atoms. The molecule has 1 fully saturated rings. The molecule has 1 aromatic heterocycles. The normalized spacial score (nSPS) is 16.5. The largest absolute Gasteiger partial charge is 0.391 e. The van der Waals surface area contributed by atoms with Gasteiger partial charge in [0, 0.05) is 13.0 Å². The van der Waals surface area contributed by atoms with Crippen LogP contribution in [0.25, 0.3) is 0 Å². The van der Waals surface area contributed by atoms with E-state index >= 15 is 0 Å². The molecule has 1 aliphatic heterocycles. The highest BCUT2D eigenvalue weighted by Gasteiger charge is 2.23. The van der Waals surface area contributed by atoms with E-state index in [0.29, 0.717) is 44.1 Å². The first kappa shape index (κ1) is 15.4. The van der Waals surface area contributed by atoms with E-state index in [2.05, 4.69) is 10.1 Å². The molecule has 1 saturated heterocycles. The molecule has 2 heterocycles. The maximum atomic E-state index is 11.7. The number of hydrogen-bond donors (Lipinski definition) is 2. The van der Waals surface area contributed by atoms with E-state index < -0.39 is 12.0 Å². The molecule has 2 rings (SSSR count). The summed E-state index contributed by atoms with van der Waals surface area (Å²) in [5.41, 5.74) is 5.15. The van der Waals surface area contributed by atoms with Crippen molar-refractivity contribution >= 4 is 11.8 Å². The fraction of sp³-hybridized carbons (Fsp3) is 0.692. The summed E-state index contributed by atoms with van der Waals surface area (Å²) in [5, 5.41) is 14.0. The Balaban J connectivity index is 2.17. The SMILES string of the molecule is CCC(O)Cn1nc(CC(N)=O)nc1CN1CCCC1=O. The number of aliphatic hydroxyl groups is 1. The van der Waals surface area contributed by atoms with Crippen molar-refractivity contribution in [3.05, 3.63) is 11.6 Å². The van der Waals surface area contributed by atoms with E-state index in [1.165, 1.54) is 0 Å². The minimum Gasteiger partial charge on any atom is -0.391 e. The molecular formula is C13H21N5O3. The van der Waals surface area contributed by atoms with Gasteiger partial charge in [0.15, 0.2) is 5.82 Å². The van der Waals surface area contributed by atoms with Gasteiger partial charge in [0.1, 0.15) is 5.82 Å². The lowest BCUT2D eigenvalue weighted by Gasteiger charge is -2.16. The third-order valence-electron chi connectivity index (χ3n) is 3.48. The van der Waals surface area contributed by atoms with Crippen molar-refractivity contribution in [3.63, 3.8) is 0 Å². The van der Waals surface area contributed by atoms with Crippen LogP contribution in [0.2, 0.25) is 0 Å². The summed E-state index contributed by atoms with van der Waals surface area (Å²) in [5.74, 6) is 0.491. The first-order valence-corrected chi connectivity index (χ1v) is 7.16. The number of nitrogens with two attached hydrogens (primary N) is 1. The Bertz CT molecular complexity index is 528. The van der Waals surface area contributed by atoms with Crippen LogP contribution in [0.4, 0.5) is 0 Å². The van der Waals surface area contributed by atoms with Crippen LogP contribution < -0.4 is 5.73 Å². The molecule has 1 aliphatic rings. The smallest absolute Gasteiger partial charge is 0.225 e. The van der Waals surface area contributed by atoms with Gasteiger partial charge in [-0.2, -0.15) is 5.10 Å². The zero-order valence-electron chi connectivity index (χ0n) is 12.2. The predicted octanol–water partition coefficient (Wildman–Crippen LogP) is -0.801. The minimum absolute atomic E-state index is 0.0455. The van der Waals surface area contributed by atoms with Crippen molar-refractivity contribution in [1.82, 2.24) is 19.7 Å². The van der Waals surface area contributed by atoms with Gasteiger partial charge in [-0.1, -0.05) is 6.92 Å². The lowest BCUT2D eigenvalue weighted by atomic mass is 10.3. The number of aromatic nitrogens is 3. The van der Waals surface area contributed by atoms with Crippen molar-refractivity contribution in [2.45, 2.75) is 51.8 Å². The average Bonchev–Trinajstić information content (AvgIpc) is 2.97. The van der Waals surface area contributed by atoms with Crippen molar-refractivity contribution in [1.29, 1.82) is 0 Å². The monoisotopic (exact) mass is 295 g/mol. The zero-order valence-corrected chi connectivity index (χ0v) is 12.2. The molecule has 1 atom stereocenters. The molecule has 8 nitrogen and oxygen atoms in total. The van der Waals surface area contributed by atoms with E-state index in [4.69, 9.17) is 5.73 Å². The van der Waals surface area contributed by atoms with Crippen LogP contribution >= 0.6 is 0 Å². The number of carbonyl (C=O) groups is 2. The highest BCUT2D eigenvalue weighted by atomic mass is 16.3. The number of amides is 2. The lowest BCUT2D eigenvalue weighted by Crippen LogP contribution is -2.27. The second kappa shape index (κ2) is 6.66. The Hall–Kier alpha value is -1.96. The summed E-state index contributed by atoms with van der Waals surface area (Å²) >= 11 is 0. The van der Waals surface area contributed by atoms with Gasteiger partial charge >= 0.3 is 0 Å². The molecular weight excluding hydrogens is 274 g/mol. The molecule has 21 heavy (non-hydrogen) atoms. The van der Waals surface area contributed by atoms with E-state index in [9.17, 15) is 14.7 Å². The van der Waals surface area contributed by atoms with Crippen LogP contribution in [0.3, 0.4) is 0 Å². The Kier molecular flexibility index (Phi) is 4.89. The molecule has 116 valence electrons. The van der Waals surface area contributed by atoms with Crippen LogP contribution in [-0.4, -0.2) is 49.2 Å². The van der Waals surface area contributed by atoms with Gasteiger partial charge in [-0.05, 0) is 12.8 Å². The first-order valence-electron chi connectivity index (χ1n) is 7.16. The number of carbonyl (C=O) groups excluding carboxylic acids is 2. The average molecular weight is 295 g/mol. The van der Waals surface area contributed by atoms with Crippen LogP contribution in [0.15, 0.2) is 0 Å². The standard InChI is InChI=1S/C13H21N5O3/c1-2-9(19)7-18-12(8-17-5-3-4-13(17)21)15-11(16-18)6-10(14)20/h9,19H,2-8H2,1H3,(H2,14,20). The molecule has 0 radical (unpaired) electrons. The third-order valence-corrected chi connectivity index (χ3v) is 3.48. The van der Waals surface area contributed by atoms with Crippen LogP contribution in [0.1, 0.15) is 37.8 Å². The van der Waals surface area contributed by atoms with E-state index in [1.807, 2.05) is 6.92 Å². The number of likely N-dealkylation sites (tertiary alicyclic amines) is 1. The summed E-state index contributed by atoms with van der Waals surface area (Å²) in [4.78, 5) is 28.7. The van der Waals surface area contributed by atoms with Crippen molar-refractivity contribution in [2.75, 3.05) is 6.54 Å². The quantitative estimate of drug-likeness (QED) is 0.683. The topological polar surface area (TPSA) is 114 Å². The van der Waals surface area contributed by atoms with Crippen molar-refractivity contribution in [3.8, 4) is 0 Å². The minimum atomic E-state index is -0.541. The van der Waals surface area contributed by atoms with Crippen LogP contribution in [0.5, 0.6) is 0 Å². The summed E-state index contributed by atoms with van der Waals surface area (Å²) in [6, 6.07) is 0. The van der Waals surface area contributed by atoms with Gasteiger partial charge in [-0.25, -0.2) is 9.67 Å². The van der Waals surface area contributed by atoms with Crippen molar-refractivity contribution < 1.29 is 14.7 Å². The number of hydrogen-bond acceptors (Lipinski definition) is 5. The highest BCUT2D eigenvalue weighted by molar-refractivity contribution is 5.78. The maximum Gasteiger partial charge on any atom is 0.225 e. The predicted molar refractivity (Wildman–Crippen MR) is 73.9 cm³/mol. The summed E-state index contributed by atoms with van der Waals surface area (Å²) in [7, 11) is 0. The Morgan fingerprint density at radius 2 is 2.29 bits per heavy atom. The van der Waals surface area contributed by atoms with Gasteiger partial charge in [-0.3, -0.25) is 9.59 Å². The second-order valence-corrected chi connectivity index (χ2v) is 5.25. The molecule has 0 aromatic carbocycles. The van der Waals surface area contributed by atoms with Crippen molar-refractivity contribution in [2.24, 2.45) is 5.73 Å². The highest BCUT2D eigenvalue weighted by Crippen LogP contribution is 2.14. The molecule has 1 unspecified atom stereocenters. The van der Waals surface area contributed by atoms with Gasteiger partial charge in [0.05, 0.1) is 25.6 Å². The number of nitrogens with zero attached hydrogens (tertiary/aromatic N) is 4. The maximum absolute atomic E-state index is 11.7. The van der Waals surface area contributed by atoms with E-state index in [0.717, 1.165) is 6.42 Å². The van der Waals surface area contributed by atoms with Gasteiger partial charge in [0.2, 0.25) is 11.8 Å². The Morgan fingerprint density at radius 3 is 2.86 bits per heavy atom. The fourth-order valence-electron chi connectivity index (χ4n) is 2.29. The van der Waals surface area contributed by atoms with Gasteiger partial charge in [0.25, 0.3) is 0 Å².